The van der Waals surface area contributed by atoms with E-state index in [2.05, 4.69) is 0 Å². The molecule has 0 spiro atoms. The lowest BCUT2D eigenvalue weighted by atomic mass is 10.2. The summed E-state index contributed by atoms with van der Waals surface area (Å²) in [5.74, 6) is -1.28. The molecule has 0 aliphatic carbocycles. The van der Waals surface area contributed by atoms with Crippen LogP contribution >= 0.6 is 11.6 Å². The zero-order valence-electron chi connectivity index (χ0n) is 4.76. The van der Waals surface area contributed by atoms with Gasteiger partial charge in [0, 0.05) is 6.42 Å². The van der Waals surface area contributed by atoms with Gasteiger partial charge in [-0.2, -0.15) is 0 Å². The van der Waals surface area contributed by atoms with E-state index in [4.69, 9.17) is 16.7 Å². The molecule has 0 aliphatic heterocycles. The number of carboxylic acid groups (broad SMARTS) is 1. The van der Waals surface area contributed by atoms with Gasteiger partial charge in [0.05, 0.1) is 12.3 Å². The maximum absolute atomic E-state index is 10.3. The lowest BCUT2D eigenvalue weighted by Crippen LogP contribution is -2.03. The highest BCUT2D eigenvalue weighted by Gasteiger charge is 2.02. The molecule has 0 heterocycles. The van der Waals surface area contributed by atoms with E-state index >= 15 is 0 Å². The van der Waals surface area contributed by atoms with Gasteiger partial charge in [0.1, 0.15) is 5.78 Å². The van der Waals surface area contributed by atoms with Gasteiger partial charge in [-0.15, -0.1) is 11.6 Å². The highest BCUT2D eigenvalue weighted by Crippen LogP contribution is 1.91. The van der Waals surface area contributed by atoms with Gasteiger partial charge in [0.15, 0.2) is 0 Å². The fraction of sp³-hybridized carbons (Fsp3) is 0.600. The zero-order valence-corrected chi connectivity index (χ0v) is 5.52. The van der Waals surface area contributed by atoms with Gasteiger partial charge >= 0.3 is 5.97 Å². The van der Waals surface area contributed by atoms with Gasteiger partial charge in [-0.05, 0) is 0 Å². The molecule has 0 aromatic carbocycles. The Bertz CT molecular complexity index is 121. The Kier molecular flexibility index (Phi) is 4.05. The van der Waals surface area contributed by atoms with E-state index < -0.39 is 5.97 Å². The Hall–Kier alpha value is -0.570. The number of ketones is 1. The Morgan fingerprint density at radius 1 is 1.33 bits per heavy atom. The van der Waals surface area contributed by atoms with Crippen LogP contribution in [0, 0.1) is 0 Å². The van der Waals surface area contributed by atoms with Crippen LogP contribution in [0.25, 0.3) is 0 Å². The van der Waals surface area contributed by atoms with Crippen LogP contribution in [0.1, 0.15) is 12.8 Å². The molecule has 0 fully saturated rings. The lowest BCUT2D eigenvalue weighted by Gasteiger charge is -1.89. The Morgan fingerprint density at radius 2 is 1.89 bits per heavy atom. The molecule has 0 radical (unpaired) electrons. The number of carbonyl (C=O) groups is 2. The average molecular weight is 151 g/mol. The van der Waals surface area contributed by atoms with Crippen LogP contribution in [0.5, 0.6) is 0 Å². The monoisotopic (exact) mass is 150 g/mol. The maximum atomic E-state index is 10.3. The normalized spacial score (nSPS) is 9.00. The summed E-state index contributed by atoms with van der Waals surface area (Å²) < 4.78 is 0. The first-order valence-electron chi connectivity index (χ1n) is 2.46. The molecule has 0 atom stereocenters. The summed E-state index contributed by atoms with van der Waals surface area (Å²) in [7, 11) is 0. The third kappa shape index (κ3) is 5.30. The second-order valence-electron chi connectivity index (χ2n) is 1.57. The molecule has 0 saturated carbocycles. The molecular formula is C5H7ClO3. The summed E-state index contributed by atoms with van der Waals surface area (Å²) in [6.07, 6.45) is -0.0790. The third-order valence-electron chi connectivity index (χ3n) is 0.767. The van der Waals surface area contributed by atoms with E-state index in [0.29, 0.717) is 0 Å². The van der Waals surface area contributed by atoms with Crippen molar-refractivity contribution in [3.63, 3.8) is 0 Å². The third-order valence-corrected chi connectivity index (χ3v) is 1.06. The highest BCUT2D eigenvalue weighted by molar-refractivity contribution is 6.27. The minimum atomic E-state index is -0.964. The highest BCUT2D eigenvalue weighted by atomic mass is 35.5. The molecule has 0 bridgehead atoms. The lowest BCUT2D eigenvalue weighted by molar-refractivity contribution is -0.138. The summed E-state index contributed by atoms with van der Waals surface area (Å²) in [5.41, 5.74) is 0. The number of rotatable bonds is 4. The molecule has 4 heteroatoms. The molecule has 52 valence electrons. The SMILES string of the molecule is O=C(O)CCC(=O)CCl. The fourth-order valence-electron chi connectivity index (χ4n) is 0.313. The summed E-state index contributed by atoms with van der Waals surface area (Å²) in [6.45, 7) is 0. The number of aliphatic carboxylic acids is 1. The molecule has 3 nitrogen and oxygen atoms in total. The van der Waals surface area contributed by atoms with E-state index in [-0.39, 0.29) is 24.5 Å². The first-order chi connectivity index (χ1) is 4.16. The number of hydrogen-bond acceptors (Lipinski definition) is 2. The second-order valence-corrected chi connectivity index (χ2v) is 1.83. The molecular weight excluding hydrogens is 144 g/mol. The van der Waals surface area contributed by atoms with Crippen molar-refractivity contribution in [1.82, 2.24) is 0 Å². The Balaban J connectivity index is 3.28. The van der Waals surface area contributed by atoms with Crippen LogP contribution in [-0.2, 0) is 9.59 Å². The molecule has 0 amide bonds. The predicted molar refractivity (Wildman–Crippen MR) is 32.6 cm³/mol. The van der Waals surface area contributed by atoms with Crippen molar-refractivity contribution in [2.24, 2.45) is 0 Å². The predicted octanol–water partition coefficient (Wildman–Crippen LogP) is 0.659. The minimum Gasteiger partial charge on any atom is -0.481 e. The number of carboxylic acids is 1. The number of Topliss-reactive ketones (excluding diaryl/α,β-unsaturated/α-hetero) is 1. The van der Waals surface area contributed by atoms with Crippen LogP contribution < -0.4 is 0 Å². The van der Waals surface area contributed by atoms with E-state index in [0.717, 1.165) is 0 Å². The topological polar surface area (TPSA) is 54.4 Å². The summed E-state index contributed by atoms with van der Waals surface area (Å²) >= 11 is 5.09. The number of alkyl halides is 1. The van der Waals surface area contributed by atoms with Crippen LogP contribution in [-0.4, -0.2) is 22.7 Å². The van der Waals surface area contributed by atoms with Gasteiger partial charge in [-0.25, -0.2) is 0 Å². The van der Waals surface area contributed by atoms with Crippen molar-refractivity contribution < 1.29 is 14.7 Å². The number of carbonyl (C=O) groups excluding carboxylic acids is 1. The average Bonchev–Trinajstić information content (AvgIpc) is 1.83. The molecule has 0 aromatic rings. The fourth-order valence-corrected chi connectivity index (χ4v) is 0.447. The summed E-state index contributed by atoms with van der Waals surface area (Å²) in [6, 6.07) is 0. The standard InChI is InChI=1S/C5H7ClO3/c6-3-4(7)1-2-5(8)9/h1-3H2,(H,8,9). The molecule has 0 saturated heterocycles. The summed E-state index contributed by atoms with van der Waals surface area (Å²) in [5, 5.41) is 8.06. The maximum Gasteiger partial charge on any atom is 0.303 e. The minimum absolute atomic E-state index is 0.0405. The van der Waals surface area contributed by atoms with Gasteiger partial charge in [-0.3, -0.25) is 9.59 Å². The Morgan fingerprint density at radius 3 is 2.22 bits per heavy atom. The first-order valence-corrected chi connectivity index (χ1v) is 2.99. The molecule has 0 rings (SSSR count). The smallest absolute Gasteiger partial charge is 0.303 e. The van der Waals surface area contributed by atoms with Gasteiger partial charge in [0.2, 0.25) is 0 Å². The first kappa shape index (κ1) is 8.43. The van der Waals surface area contributed by atoms with Crippen LogP contribution in [0.15, 0.2) is 0 Å². The number of halogens is 1. The van der Waals surface area contributed by atoms with Crippen molar-refractivity contribution in [2.45, 2.75) is 12.8 Å². The molecule has 0 aromatic heterocycles. The van der Waals surface area contributed by atoms with Crippen molar-refractivity contribution >= 4 is 23.4 Å². The van der Waals surface area contributed by atoms with E-state index in [1.807, 2.05) is 0 Å². The van der Waals surface area contributed by atoms with Crippen LogP contribution in [0.3, 0.4) is 0 Å². The largest absolute Gasteiger partial charge is 0.481 e. The number of hydrogen-bond donors (Lipinski definition) is 1. The summed E-state index contributed by atoms with van der Waals surface area (Å²) in [4.78, 5) is 20.1. The zero-order chi connectivity index (χ0) is 7.28. The van der Waals surface area contributed by atoms with Crippen molar-refractivity contribution in [1.29, 1.82) is 0 Å². The molecule has 0 unspecified atom stereocenters. The Labute approximate surface area is 57.6 Å². The van der Waals surface area contributed by atoms with Gasteiger partial charge < -0.3 is 5.11 Å². The van der Waals surface area contributed by atoms with E-state index in [9.17, 15) is 9.59 Å². The second kappa shape index (κ2) is 4.32. The molecule has 0 aliphatic rings. The van der Waals surface area contributed by atoms with Crippen molar-refractivity contribution in [2.75, 3.05) is 5.88 Å². The van der Waals surface area contributed by atoms with Gasteiger partial charge in [0.25, 0.3) is 0 Å². The van der Waals surface area contributed by atoms with Crippen molar-refractivity contribution in [3.8, 4) is 0 Å². The van der Waals surface area contributed by atoms with Crippen molar-refractivity contribution in [3.05, 3.63) is 0 Å². The molecule has 9 heavy (non-hydrogen) atoms. The van der Waals surface area contributed by atoms with Crippen LogP contribution in [0.2, 0.25) is 0 Å². The van der Waals surface area contributed by atoms with E-state index in [1.165, 1.54) is 0 Å². The van der Waals surface area contributed by atoms with Gasteiger partial charge in [-0.1, -0.05) is 0 Å². The molecule has 1 N–H and O–H groups in total. The van der Waals surface area contributed by atoms with E-state index in [1.54, 1.807) is 0 Å². The quantitative estimate of drug-likeness (QED) is 0.599. The van der Waals surface area contributed by atoms with Crippen LogP contribution in [0.4, 0.5) is 0 Å².